The van der Waals surface area contributed by atoms with E-state index >= 15 is 0 Å². The lowest BCUT2D eigenvalue weighted by molar-refractivity contribution is -0.142. The van der Waals surface area contributed by atoms with E-state index in [-0.39, 0.29) is 12.5 Å². The average Bonchev–Trinajstić information content (AvgIpc) is 2.65. The number of carbonyl (C=O) groups excluding carboxylic acids is 1. The molecular weight excluding hydrogens is 220 g/mol. The van der Waals surface area contributed by atoms with Crippen molar-refractivity contribution < 1.29 is 14.7 Å². The lowest BCUT2D eigenvalue weighted by Crippen LogP contribution is -2.43. The Morgan fingerprint density at radius 3 is 2.76 bits per heavy atom. The SMILES string of the molecule is CC(C)CCNC(=O)CN1CCCC1C(=O)O. The summed E-state index contributed by atoms with van der Waals surface area (Å²) in [5.41, 5.74) is 0. The average molecular weight is 242 g/mol. The fourth-order valence-electron chi connectivity index (χ4n) is 2.04. The minimum atomic E-state index is -0.822. The number of amides is 1. The van der Waals surface area contributed by atoms with E-state index in [2.05, 4.69) is 19.2 Å². The monoisotopic (exact) mass is 242 g/mol. The van der Waals surface area contributed by atoms with Gasteiger partial charge in [0.15, 0.2) is 0 Å². The maximum absolute atomic E-state index is 11.6. The number of rotatable bonds is 6. The van der Waals surface area contributed by atoms with Gasteiger partial charge in [-0.15, -0.1) is 0 Å². The summed E-state index contributed by atoms with van der Waals surface area (Å²) >= 11 is 0. The molecule has 1 amide bonds. The summed E-state index contributed by atoms with van der Waals surface area (Å²) in [7, 11) is 0. The zero-order valence-electron chi connectivity index (χ0n) is 10.6. The molecule has 1 saturated heterocycles. The Balaban J connectivity index is 2.28. The van der Waals surface area contributed by atoms with Crippen LogP contribution in [0, 0.1) is 5.92 Å². The number of carbonyl (C=O) groups is 2. The normalized spacial score (nSPS) is 20.8. The third-order valence-electron chi connectivity index (χ3n) is 3.04. The molecule has 1 unspecified atom stereocenters. The number of aliphatic carboxylic acids is 1. The molecule has 1 fully saturated rings. The van der Waals surface area contributed by atoms with Crippen molar-refractivity contribution in [2.75, 3.05) is 19.6 Å². The standard InChI is InChI=1S/C12H22N2O3/c1-9(2)5-6-13-11(15)8-14-7-3-4-10(14)12(16)17/h9-10H,3-8H2,1-2H3,(H,13,15)(H,16,17). The third-order valence-corrected chi connectivity index (χ3v) is 3.04. The zero-order chi connectivity index (χ0) is 12.8. The Morgan fingerprint density at radius 1 is 1.47 bits per heavy atom. The van der Waals surface area contributed by atoms with Crippen LogP contribution in [0.3, 0.4) is 0 Å². The first-order valence-electron chi connectivity index (χ1n) is 6.24. The van der Waals surface area contributed by atoms with Crippen molar-refractivity contribution in [2.24, 2.45) is 5.92 Å². The first kappa shape index (κ1) is 14.0. The summed E-state index contributed by atoms with van der Waals surface area (Å²) in [6.45, 7) is 5.78. The zero-order valence-corrected chi connectivity index (χ0v) is 10.6. The second-order valence-corrected chi connectivity index (χ2v) is 5.00. The lowest BCUT2D eigenvalue weighted by atomic mass is 10.1. The van der Waals surface area contributed by atoms with Gasteiger partial charge in [-0.2, -0.15) is 0 Å². The van der Waals surface area contributed by atoms with Gasteiger partial charge in [0.25, 0.3) is 0 Å². The quantitative estimate of drug-likeness (QED) is 0.719. The van der Waals surface area contributed by atoms with Gasteiger partial charge in [0.1, 0.15) is 6.04 Å². The van der Waals surface area contributed by atoms with Crippen LogP contribution in [-0.2, 0) is 9.59 Å². The molecule has 1 rings (SSSR count). The fraction of sp³-hybridized carbons (Fsp3) is 0.833. The largest absolute Gasteiger partial charge is 0.480 e. The molecular formula is C12H22N2O3. The summed E-state index contributed by atoms with van der Waals surface area (Å²) in [6, 6.07) is -0.481. The lowest BCUT2D eigenvalue weighted by Gasteiger charge is -2.20. The summed E-state index contributed by atoms with van der Waals surface area (Å²) in [5, 5.41) is 11.8. The van der Waals surface area contributed by atoms with Crippen molar-refractivity contribution >= 4 is 11.9 Å². The summed E-state index contributed by atoms with van der Waals surface area (Å²) in [5.74, 6) is -0.329. The molecule has 0 aromatic rings. The van der Waals surface area contributed by atoms with Crippen molar-refractivity contribution in [2.45, 2.75) is 39.2 Å². The van der Waals surface area contributed by atoms with Gasteiger partial charge in [0.05, 0.1) is 6.54 Å². The first-order valence-corrected chi connectivity index (χ1v) is 6.24. The van der Waals surface area contributed by atoms with Gasteiger partial charge in [-0.05, 0) is 31.7 Å². The minimum absolute atomic E-state index is 0.0706. The minimum Gasteiger partial charge on any atom is -0.480 e. The third kappa shape index (κ3) is 4.73. The van der Waals surface area contributed by atoms with E-state index in [0.717, 1.165) is 12.8 Å². The van der Waals surface area contributed by atoms with Crippen LogP contribution in [0.1, 0.15) is 33.1 Å². The van der Waals surface area contributed by atoms with E-state index in [9.17, 15) is 9.59 Å². The second-order valence-electron chi connectivity index (χ2n) is 5.00. The van der Waals surface area contributed by atoms with Crippen molar-refractivity contribution in [1.29, 1.82) is 0 Å². The van der Waals surface area contributed by atoms with Crippen molar-refractivity contribution in [3.63, 3.8) is 0 Å². The number of nitrogens with one attached hydrogen (secondary N) is 1. The summed E-state index contributed by atoms with van der Waals surface area (Å²) in [4.78, 5) is 24.3. The molecule has 1 aliphatic heterocycles. The maximum atomic E-state index is 11.6. The van der Waals surface area contributed by atoms with Gasteiger partial charge >= 0.3 is 5.97 Å². The van der Waals surface area contributed by atoms with E-state index in [4.69, 9.17) is 5.11 Å². The molecule has 0 aliphatic carbocycles. The topological polar surface area (TPSA) is 69.6 Å². The van der Waals surface area contributed by atoms with E-state index in [0.29, 0.717) is 25.4 Å². The van der Waals surface area contributed by atoms with Crippen molar-refractivity contribution in [3.05, 3.63) is 0 Å². The van der Waals surface area contributed by atoms with Crippen LogP contribution in [0.25, 0.3) is 0 Å². The number of carboxylic acids is 1. The van der Waals surface area contributed by atoms with Crippen LogP contribution in [-0.4, -0.2) is 47.6 Å². The van der Waals surface area contributed by atoms with Gasteiger partial charge in [-0.25, -0.2) is 0 Å². The molecule has 0 bridgehead atoms. The molecule has 0 saturated carbocycles. The number of hydrogen-bond acceptors (Lipinski definition) is 3. The van der Waals surface area contributed by atoms with Crippen LogP contribution in [0.2, 0.25) is 0 Å². The van der Waals surface area contributed by atoms with Crippen LogP contribution >= 0.6 is 0 Å². The summed E-state index contributed by atoms with van der Waals surface area (Å²) < 4.78 is 0. The molecule has 2 N–H and O–H groups in total. The number of hydrogen-bond donors (Lipinski definition) is 2. The molecule has 0 radical (unpaired) electrons. The number of nitrogens with zero attached hydrogens (tertiary/aromatic N) is 1. The van der Waals surface area contributed by atoms with Crippen LogP contribution in [0.5, 0.6) is 0 Å². The van der Waals surface area contributed by atoms with Crippen LogP contribution < -0.4 is 5.32 Å². The second kappa shape index (κ2) is 6.59. The highest BCUT2D eigenvalue weighted by Crippen LogP contribution is 2.16. The van der Waals surface area contributed by atoms with Gasteiger partial charge < -0.3 is 10.4 Å². The molecule has 0 spiro atoms. The van der Waals surface area contributed by atoms with Crippen molar-refractivity contribution in [1.82, 2.24) is 10.2 Å². The first-order chi connectivity index (χ1) is 8.00. The Morgan fingerprint density at radius 2 is 2.18 bits per heavy atom. The highest BCUT2D eigenvalue weighted by Gasteiger charge is 2.31. The van der Waals surface area contributed by atoms with Crippen molar-refractivity contribution in [3.8, 4) is 0 Å². The van der Waals surface area contributed by atoms with Gasteiger partial charge in [-0.3, -0.25) is 14.5 Å². The van der Waals surface area contributed by atoms with Gasteiger partial charge in [0, 0.05) is 6.54 Å². The molecule has 5 nitrogen and oxygen atoms in total. The van der Waals surface area contributed by atoms with Gasteiger partial charge in [0.2, 0.25) is 5.91 Å². The predicted octanol–water partition coefficient (Wildman–Crippen LogP) is 0.698. The molecule has 0 aromatic heterocycles. The van der Waals surface area contributed by atoms with Gasteiger partial charge in [-0.1, -0.05) is 13.8 Å². The van der Waals surface area contributed by atoms with E-state index in [1.807, 2.05) is 0 Å². The number of carboxylic acid groups (broad SMARTS) is 1. The predicted molar refractivity (Wildman–Crippen MR) is 64.7 cm³/mol. The Hall–Kier alpha value is -1.10. The molecule has 0 aromatic carbocycles. The Kier molecular flexibility index (Phi) is 5.41. The van der Waals surface area contributed by atoms with Crippen LogP contribution in [0.4, 0.5) is 0 Å². The van der Waals surface area contributed by atoms with E-state index in [1.54, 1.807) is 4.90 Å². The molecule has 5 heteroatoms. The smallest absolute Gasteiger partial charge is 0.320 e. The Labute approximate surface area is 102 Å². The highest BCUT2D eigenvalue weighted by molar-refractivity contribution is 5.80. The molecule has 1 heterocycles. The fourth-order valence-corrected chi connectivity index (χ4v) is 2.04. The number of likely N-dealkylation sites (tertiary alicyclic amines) is 1. The summed E-state index contributed by atoms with van der Waals surface area (Å²) in [6.07, 6.45) is 2.46. The van der Waals surface area contributed by atoms with Crippen LogP contribution in [0.15, 0.2) is 0 Å². The Bertz CT molecular complexity index is 279. The van der Waals surface area contributed by atoms with E-state index in [1.165, 1.54) is 0 Å². The van der Waals surface area contributed by atoms with E-state index < -0.39 is 12.0 Å². The molecule has 1 aliphatic rings. The molecule has 98 valence electrons. The molecule has 17 heavy (non-hydrogen) atoms. The molecule has 1 atom stereocenters. The highest BCUT2D eigenvalue weighted by atomic mass is 16.4. The maximum Gasteiger partial charge on any atom is 0.320 e.